The fourth-order valence-electron chi connectivity index (χ4n) is 3.57. The van der Waals surface area contributed by atoms with Gasteiger partial charge in [-0.15, -0.1) is 0 Å². The standard InChI is InChI=1S/C20H29N3O2S/c1-15-21-14-19(22(15)5)16-10-12-23(13-11-16)26(24,25)18-8-6-17(7-9-18)20(2,3)4/h6-9,14,16H,10-13H2,1-5H3. The molecule has 0 atom stereocenters. The Morgan fingerprint density at radius 1 is 1.08 bits per heavy atom. The molecule has 1 saturated heterocycles. The highest BCUT2D eigenvalue weighted by atomic mass is 32.2. The van der Waals surface area contributed by atoms with E-state index in [4.69, 9.17) is 0 Å². The summed E-state index contributed by atoms with van der Waals surface area (Å²) < 4.78 is 29.7. The molecule has 0 aliphatic carbocycles. The highest BCUT2D eigenvalue weighted by molar-refractivity contribution is 7.89. The second-order valence-corrected chi connectivity index (χ2v) is 10.2. The third-order valence-electron chi connectivity index (χ3n) is 5.49. The second kappa shape index (κ2) is 6.82. The summed E-state index contributed by atoms with van der Waals surface area (Å²) in [6.45, 7) is 9.48. The molecule has 1 aliphatic heterocycles. The molecule has 2 heterocycles. The van der Waals surface area contributed by atoms with Gasteiger partial charge >= 0.3 is 0 Å². The number of imidazole rings is 1. The Hall–Kier alpha value is -1.66. The van der Waals surface area contributed by atoms with Crippen LogP contribution in [0, 0.1) is 6.92 Å². The third-order valence-corrected chi connectivity index (χ3v) is 7.40. The van der Waals surface area contributed by atoms with Crippen LogP contribution in [0.5, 0.6) is 0 Å². The van der Waals surface area contributed by atoms with Gasteiger partial charge in [0.1, 0.15) is 5.82 Å². The van der Waals surface area contributed by atoms with E-state index in [1.54, 1.807) is 16.4 Å². The molecular formula is C20H29N3O2S. The highest BCUT2D eigenvalue weighted by Crippen LogP contribution is 2.31. The van der Waals surface area contributed by atoms with Crippen molar-refractivity contribution >= 4 is 10.0 Å². The number of sulfonamides is 1. The largest absolute Gasteiger partial charge is 0.335 e. The van der Waals surface area contributed by atoms with E-state index in [0.717, 1.165) is 24.2 Å². The molecule has 0 bridgehead atoms. The monoisotopic (exact) mass is 375 g/mol. The Kier molecular flexibility index (Phi) is 5.01. The summed E-state index contributed by atoms with van der Waals surface area (Å²) >= 11 is 0. The minimum Gasteiger partial charge on any atom is -0.335 e. The molecule has 142 valence electrons. The molecule has 0 unspecified atom stereocenters. The van der Waals surface area contributed by atoms with E-state index < -0.39 is 10.0 Å². The van der Waals surface area contributed by atoms with Crippen molar-refractivity contribution < 1.29 is 8.42 Å². The number of aromatic nitrogens is 2. The summed E-state index contributed by atoms with van der Waals surface area (Å²) in [5, 5.41) is 0. The Bertz CT molecular complexity index is 869. The van der Waals surface area contributed by atoms with Crippen molar-refractivity contribution in [1.29, 1.82) is 0 Å². The molecule has 0 amide bonds. The van der Waals surface area contributed by atoms with Crippen molar-refractivity contribution in [1.82, 2.24) is 13.9 Å². The minimum absolute atomic E-state index is 0.0157. The van der Waals surface area contributed by atoms with E-state index in [1.807, 2.05) is 32.3 Å². The molecule has 0 spiro atoms. The number of hydrogen-bond donors (Lipinski definition) is 0. The van der Waals surface area contributed by atoms with Gasteiger partial charge in [0.05, 0.1) is 4.90 Å². The van der Waals surface area contributed by atoms with Crippen LogP contribution >= 0.6 is 0 Å². The third kappa shape index (κ3) is 3.58. The first-order chi connectivity index (χ1) is 12.1. The lowest BCUT2D eigenvalue weighted by Crippen LogP contribution is -2.38. The number of piperidine rings is 1. The van der Waals surface area contributed by atoms with Crippen LogP contribution in [0.15, 0.2) is 35.4 Å². The average molecular weight is 376 g/mol. The van der Waals surface area contributed by atoms with Gasteiger partial charge < -0.3 is 4.57 Å². The van der Waals surface area contributed by atoms with Crippen molar-refractivity contribution in [2.75, 3.05) is 13.1 Å². The van der Waals surface area contributed by atoms with Crippen LogP contribution in [-0.2, 0) is 22.5 Å². The van der Waals surface area contributed by atoms with Gasteiger partial charge in [-0.05, 0) is 42.9 Å². The smallest absolute Gasteiger partial charge is 0.243 e. The summed E-state index contributed by atoms with van der Waals surface area (Å²) in [6, 6.07) is 7.34. The number of aryl methyl sites for hydroxylation is 1. The first kappa shape index (κ1) is 19.1. The predicted octanol–water partition coefficient (Wildman–Crippen LogP) is 3.59. The van der Waals surface area contributed by atoms with E-state index in [9.17, 15) is 8.42 Å². The molecule has 1 aromatic heterocycles. The summed E-state index contributed by atoms with van der Waals surface area (Å²) in [6.07, 6.45) is 3.59. The van der Waals surface area contributed by atoms with Crippen LogP contribution in [0.2, 0.25) is 0 Å². The van der Waals surface area contributed by atoms with Gasteiger partial charge in [-0.1, -0.05) is 32.9 Å². The summed E-state index contributed by atoms with van der Waals surface area (Å²) in [4.78, 5) is 4.76. The molecule has 1 aliphatic rings. The quantitative estimate of drug-likeness (QED) is 0.824. The average Bonchev–Trinajstić information content (AvgIpc) is 2.93. The van der Waals surface area contributed by atoms with E-state index >= 15 is 0 Å². The summed E-state index contributed by atoms with van der Waals surface area (Å²) in [5.41, 5.74) is 2.36. The van der Waals surface area contributed by atoms with Crippen LogP contribution < -0.4 is 0 Å². The molecule has 0 saturated carbocycles. The van der Waals surface area contributed by atoms with Crippen LogP contribution in [0.3, 0.4) is 0 Å². The molecule has 1 aromatic carbocycles. The molecular weight excluding hydrogens is 346 g/mol. The zero-order valence-electron chi connectivity index (χ0n) is 16.4. The normalized spacial score (nSPS) is 17.6. The van der Waals surface area contributed by atoms with Gasteiger partial charge in [0.2, 0.25) is 10.0 Å². The second-order valence-electron chi connectivity index (χ2n) is 8.24. The maximum Gasteiger partial charge on any atom is 0.243 e. The highest BCUT2D eigenvalue weighted by Gasteiger charge is 2.31. The fourth-order valence-corrected chi connectivity index (χ4v) is 5.04. The zero-order valence-corrected chi connectivity index (χ0v) is 17.2. The number of nitrogens with zero attached hydrogens (tertiary/aromatic N) is 3. The van der Waals surface area contributed by atoms with Gasteiger partial charge in [-0.25, -0.2) is 13.4 Å². The molecule has 2 aromatic rings. The van der Waals surface area contributed by atoms with Crippen molar-refractivity contribution in [2.24, 2.45) is 7.05 Å². The molecule has 6 heteroatoms. The first-order valence-corrected chi connectivity index (χ1v) is 10.6. The minimum atomic E-state index is -3.42. The van der Waals surface area contributed by atoms with Gasteiger partial charge in [0.25, 0.3) is 0 Å². The molecule has 3 rings (SSSR count). The lowest BCUT2D eigenvalue weighted by atomic mass is 9.87. The number of benzene rings is 1. The summed E-state index contributed by atoms with van der Waals surface area (Å²) in [5.74, 6) is 1.37. The molecule has 0 N–H and O–H groups in total. The maximum atomic E-state index is 13.0. The lowest BCUT2D eigenvalue weighted by molar-refractivity contribution is 0.314. The van der Waals surface area contributed by atoms with Gasteiger partial charge in [-0.2, -0.15) is 4.31 Å². The van der Waals surface area contributed by atoms with Crippen LogP contribution in [0.25, 0.3) is 0 Å². The van der Waals surface area contributed by atoms with E-state index in [2.05, 4.69) is 30.3 Å². The molecule has 0 radical (unpaired) electrons. The van der Waals surface area contributed by atoms with Crippen LogP contribution in [0.1, 0.15) is 56.6 Å². The van der Waals surface area contributed by atoms with Crippen LogP contribution in [0.4, 0.5) is 0 Å². The number of hydrogen-bond acceptors (Lipinski definition) is 3. The van der Waals surface area contributed by atoms with Gasteiger partial charge in [0.15, 0.2) is 0 Å². The zero-order chi connectivity index (χ0) is 19.1. The van der Waals surface area contributed by atoms with Crippen molar-refractivity contribution in [3.63, 3.8) is 0 Å². The van der Waals surface area contributed by atoms with Crippen molar-refractivity contribution in [2.45, 2.75) is 56.8 Å². The van der Waals surface area contributed by atoms with E-state index in [0.29, 0.717) is 23.9 Å². The lowest BCUT2D eigenvalue weighted by Gasteiger charge is -2.31. The molecule has 26 heavy (non-hydrogen) atoms. The molecule has 1 fully saturated rings. The van der Waals surface area contributed by atoms with Crippen LogP contribution in [-0.4, -0.2) is 35.4 Å². The Morgan fingerprint density at radius 2 is 1.65 bits per heavy atom. The Morgan fingerprint density at radius 3 is 2.12 bits per heavy atom. The first-order valence-electron chi connectivity index (χ1n) is 9.19. The van der Waals surface area contributed by atoms with Gasteiger partial charge in [-0.3, -0.25) is 0 Å². The maximum absolute atomic E-state index is 13.0. The van der Waals surface area contributed by atoms with Crippen molar-refractivity contribution in [3.8, 4) is 0 Å². The molecule has 5 nitrogen and oxygen atoms in total. The predicted molar refractivity (Wildman–Crippen MR) is 104 cm³/mol. The van der Waals surface area contributed by atoms with E-state index in [-0.39, 0.29) is 5.41 Å². The summed E-state index contributed by atoms with van der Waals surface area (Å²) in [7, 11) is -1.40. The Balaban J connectivity index is 1.73. The number of rotatable bonds is 3. The van der Waals surface area contributed by atoms with Gasteiger partial charge in [0, 0.05) is 37.9 Å². The SMILES string of the molecule is Cc1ncc(C2CCN(S(=O)(=O)c3ccc(C(C)(C)C)cc3)CC2)n1C. The van der Waals surface area contributed by atoms with Crippen molar-refractivity contribution in [3.05, 3.63) is 47.5 Å². The fraction of sp³-hybridized carbons (Fsp3) is 0.550. The van der Waals surface area contributed by atoms with E-state index in [1.165, 1.54) is 5.69 Å². The topological polar surface area (TPSA) is 55.2 Å². The Labute approximate surface area is 157 Å².